The molecular weight excluding hydrogens is 240 g/mol. The lowest BCUT2D eigenvalue weighted by atomic mass is 9.90. The Bertz CT molecular complexity index is 431. The van der Waals surface area contributed by atoms with Crippen LogP contribution in [0, 0.1) is 12.8 Å². The lowest BCUT2D eigenvalue weighted by molar-refractivity contribution is -0.122. The van der Waals surface area contributed by atoms with Gasteiger partial charge in [-0.05, 0) is 44.5 Å². The van der Waals surface area contributed by atoms with Gasteiger partial charge in [-0.1, -0.05) is 13.8 Å². The molecule has 1 saturated heterocycles. The van der Waals surface area contributed by atoms with Gasteiger partial charge in [0, 0.05) is 18.4 Å². The van der Waals surface area contributed by atoms with Crippen LogP contribution in [0.25, 0.3) is 0 Å². The Kier molecular flexibility index (Phi) is 4.30. The molecule has 2 N–H and O–H groups in total. The number of furan rings is 1. The number of nitrogens with one attached hydrogen (secondary N) is 2. The largest absolute Gasteiger partial charge is 0.466 e. The lowest BCUT2D eigenvalue weighted by Crippen LogP contribution is -2.37. The Labute approximate surface area is 114 Å². The second-order valence-electron chi connectivity index (χ2n) is 6.13. The van der Waals surface area contributed by atoms with Crippen molar-refractivity contribution in [3.05, 3.63) is 23.7 Å². The van der Waals surface area contributed by atoms with Gasteiger partial charge in [-0.25, -0.2) is 0 Å². The molecule has 0 spiro atoms. The molecule has 1 aliphatic heterocycles. The van der Waals surface area contributed by atoms with Gasteiger partial charge in [-0.2, -0.15) is 0 Å². The maximum atomic E-state index is 11.9. The van der Waals surface area contributed by atoms with E-state index >= 15 is 0 Å². The van der Waals surface area contributed by atoms with Crippen LogP contribution in [0.3, 0.4) is 0 Å². The second kappa shape index (κ2) is 5.78. The van der Waals surface area contributed by atoms with Crippen LogP contribution in [0.4, 0.5) is 0 Å². The van der Waals surface area contributed by atoms with Crippen LogP contribution in [-0.2, 0) is 10.2 Å². The van der Waals surface area contributed by atoms with Crippen molar-refractivity contribution < 1.29 is 9.21 Å². The molecule has 4 heteroatoms. The van der Waals surface area contributed by atoms with E-state index in [9.17, 15) is 4.79 Å². The molecule has 1 atom stereocenters. The third-order valence-corrected chi connectivity index (χ3v) is 3.77. The van der Waals surface area contributed by atoms with Crippen LogP contribution in [0.5, 0.6) is 0 Å². The third kappa shape index (κ3) is 3.83. The summed E-state index contributed by atoms with van der Waals surface area (Å²) in [6, 6.07) is 3.95. The first-order chi connectivity index (χ1) is 8.97. The Balaban J connectivity index is 1.81. The summed E-state index contributed by atoms with van der Waals surface area (Å²) in [6.45, 7) is 8.72. The summed E-state index contributed by atoms with van der Waals surface area (Å²) >= 11 is 0. The molecule has 2 heterocycles. The van der Waals surface area contributed by atoms with E-state index in [0.717, 1.165) is 31.0 Å². The molecule has 0 saturated carbocycles. The van der Waals surface area contributed by atoms with E-state index in [1.54, 1.807) is 0 Å². The summed E-state index contributed by atoms with van der Waals surface area (Å²) in [5, 5.41) is 6.31. The lowest BCUT2D eigenvalue weighted by Gasteiger charge is -2.23. The molecule has 0 aliphatic carbocycles. The van der Waals surface area contributed by atoms with Crippen molar-refractivity contribution in [3.8, 4) is 0 Å². The predicted octanol–water partition coefficient (Wildman–Crippen LogP) is 1.98. The highest BCUT2D eigenvalue weighted by molar-refractivity contribution is 5.76. The Morgan fingerprint density at radius 3 is 2.89 bits per heavy atom. The van der Waals surface area contributed by atoms with Gasteiger partial charge >= 0.3 is 0 Å². The molecule has 1 aromatic heterocycles. The summed E-state index contributed by atoms with van der Waals surface area (Å²) in [7, 11) is 0. The average Bonchev–Trinajstić information content (AvgIpc) is 2.98. The molecule has 2 rings (SSSR count). The van der Waals surface area contributed by atoms with Crippen molar-refractivity contribution in [2.75, 3.05) is 19.6 Å². The summed E-state index contributed by atoms with van der Waals surface area (Å²) in [5.41, 5.74) is -0.169. The van der Waals surface area contributed by atoms with E-state index in [1.807, 2.05) is 19.1 Å². The van der Waals surface area contributed by atoms with Crippen LogP contribution in [0.15, 0.2) is 16.5 Å². The quantitative estimate of drug-likeness (QED) is 0.855. The number of carbonyl (C=O) groups excluding carboxylic acids is 1. The van der Waals surface area contributed by atoms with E-state index in [1.165, 1.54) is 0 Å². The highest BCUT2D eigenvalue weighted by Crippen LogP contribution is 2.24. The number of rotatable bonds is 5. The van der Waals surface area contributed by atoms with Crippen LogP contribution < -0.4 is 10.6 Å². The minimum absolute atomic E-state index is 0.144. The minimum atomic E-state index is -0.169. The van der Waals surface area contributed by atoms with E-state index in [2.05, 4.69) is 24.5 Å². The molecule has 1 unspecified atom stereocenters. The topological polar surface area (TPSA) is 54.3 Å². The van der Waals surface area contributed by atoms with Crippen LogP contribution in [0.2, 0.25) is 0 Å². The first-order valence-electron chi connectivity index (χ1n) is 7.02. The highest BCUT2D eigenvalue weighted by Gasteiger charge is 2.25. The number of hydrogen-bond acceptors (Lipinski definition) is 3. The SMILES string of the molecule is Cc1ccc(C(C)(C)CNC(=O)CC2CCNC2)o1. The van der Waals surface area contributed by atoms with Gasteiger partial charge < -0.3 is 15.1 Å². The van der Waals surface area contributed by atoms with Gasteiger partial charge in [-0.15, -0.1) is 0 Å². The van der Waals surface area contributed by atoms with E-state index in [-0.39, 0.29) is 11.3 Å². The van der Waals surface area contributed by atoms with E-state index in [0.29, 0.717) is 18.9 Å². The van der Waals surface area contributed by atoms with Crippen molar-refractivity contribution in [1.29, 1.82) is 0 Å². The molecule has 4 nitrogen and oxygen atoms in total. The molecule has 1 aliphatic rings. The molecule has 1 fully saturated rings. The molecule has 0 radical (unpaired) electrons. The molecule has 0 aromatic carbocycles. The monoisotopic (exact) mass is 264 g/mol. The summed E-state index contributed by atoms with van der Waals surface area (Å²) in [6.07, 6.45) is 1.73. The second-order valence-corrected chi connectivity index (χ2v) is 6.13. The average molecular weight is 264 g/mol. The zero-order valence-corrected chi connectivity index (χ0v) is 12.1. The van der Waals surface area contributed by atoms with Gasteiger partial charge in [0.15, 0.2) is 0 Å². The molecule has 1 aromatic rings. The first kappa shape index (κ1) is 14.1. The zero-order chi connectivity index (χ0) is 13.9. The smallest absolute Gasteiger partial charge is 0.220 e. The van der Waals surface area contributed by atoms with Gasteiger partial charge in [-0.3, -0.25) is 4.79 Å². The van der Waals surface area contributed by atoms with Crippen LogP contribution >= 0.6 is 0 Å². The Morgan fingerprint density at radius 1 is 1.53 bits per heavy atom. The molecule has 106 valence electrons. The van der Waals surface area contributed by atoms with Gasteiger partial charge in [0.25, 0.3) is 0 Å². The van der Waals surface area contributed by atoms with Crippen molar-refractivity contribution in [1.82, 2.24) is 10.6 Å². The fourth-order valence-corrected chi connectivity index (χ4v) is 2.43. The Morgan fingerprint density at radius 2 is 2.32 bits per heavy atom. The molecule has 1 amide bonds. The maximum Gasteiger partial charge on any atom is 0.220 e. The van der Waals surface area contributed by atoms with Crippen LogP contribution in [0.1, 0.15) is 38.2 Å². The number of carbonyl (C=O) groups is 1. The number of hydrogen-bond donors (Lipinski definition) is 2. The van der Waals surface area contributed by atoms with E-state index < -0.39 is 0 Å². The molecule has 0 bridgehead atoms. The van der Waals surface area contributed by atoms with Crippen molar-refractivity contribution >= 4 is 5.91 Å². The summed E-state index contributed by atoms with van der Waals surface area (Å²) < 4.78 is 5.65. The van der Waals surface area contributed by atoms with Crippen molar-refractivity contribution in [2.45, 2.75) is 39.0 Å². The van der Waals surface area contributed by atoms with Gasteiger partial charge in [0.1, 0.15) is 11.5 Å². The van der Waals surface area contributed by atoms with Crippen molar-refractivity contribution in [2.24, 2.45) is 5.92 Å². The van der Waals surface area contributed by atoms with Crippen LogP contribution in [-0.4, -0.2) is 25.5 Å². The minimum Gasteiger partial charge on any atom is -0.466 e. The normalized spacial score (nSPS) is 19.6. The first-order valence-corrected chi connectivity index (χ1v) is 7.02. The van der Waals surface area contributed by atoms with Gasteiger partial charge in [0.2, 0.25) is 5.91 Å². The summed E-state index contributed by atoms with van der Waals surface area (Å²) in [5.74, 6) is 2.47. The standard InChI is InChI=1S/C15H24N2O2/c1-11-4-5-13(19-11)15(2,3)10-17-14(18)8-12-6-7-16-9-12/h4-5,12,16H,6-10H2,1-3H3,(H,17,18). The predicted molar refractivity (Wildman–Crippen MR) is 75.1 cm³/mol. The molecule has 19 heavy (non-hydrogen) atoms. The Hall–Kier alpha value is -1.29. The molecular formula is C15H24N2O2. The van der Waals surface area contributed by atoms with Gasteiger partial charge in [0.05, 0.1) is 0 Å². The fraction of sp³-hybridized carbons (Fsp3) is 0.667. The number of amides is 1. The number of aryl methyl sites for hydroxylation is 1. The van der Waals surface area contributed by atoms with Crippen molar-refractivity contribution in [3.63, 3.8) is 0 Å². The third-order valence-electron chi connectivity index (χ3n) is 3.77. The van der Waals surface area contributed by atoms with E-state index in [4.69, 9.17) is 4.42 Å². The zero-order valence-electron chi connectivity index (χ0n) is 12.1. The highest BCUT2D eigenvalue weighted by atomic mass is 16.3. The summed E-state index contributed by atoms with van der Waals surface area (Å²) in [4.78, 5) is 11.9. The fourth-order valence-electron chi connectivity index (χ4n) is 2.43. The maximum absolute atomic E-state index is 11.9.